The van der Waals surface area contributed by atoms with Crippen molar-refractivity contribution in [2.45, 2.75) is 52.0 Å². The lowest BCUT2D eigenvalue weighted by Gasteiger charge is -2.29. The molecule has 1 saturated carbocycles. The summed E-state index contributed by atoms with van der Waals surface area (Å²) in [7, 11) is 0. The summed E-state index contributed by atoms with van der Waals surface area (Å²) in [5.41, 5.74) is 4.87. The second-order valence-corrected chi connectivity index (χ2v) is 5.40. The first-order valence-corrected chi connectivity index (χ1v) is 7.14. The van der Waals surface area contributed by atoms with Crippen LogP contribution in [0.1, 0.15) is 50.2 Å². The Bertz CT molecular complexity index is 518. The number of aromatic nitrogens is 2. The first kappa shape index (κ1) is 15.3. The molecular formula is C13H21N5O3. The number of rotatable bonds is 4. The average molecular weight is 295 g/mol. The van der Waals surface area contributed by atoms with E-state index in [1.807, 2.05) is 0 Å². The Labute approximate surface area is 122 Å². The predicted octanol–water partition coefficient (Wildman–Crippen LogP) is 1.08. The summed E-state index contributed by atoms with van der Waals surface area (Å²) < 4.78 is 4.96. The van der Waals surface area contributed by atoms with Gasteiger partial charge in [-0.25, -0.2) is 0 Å². The van der Waals surface area contributed by atoms with Gasteiger partial charge in [0.15, 0.2) is 11.7 Å². The van der Waals surface area contributed by atoms with Crippen LogP contribution in [0, 0.1) is 12.3 Å². The van der Waals surface area contributed by atoms with Gasteiger partial charge in [0.2, 0.25) is 11.8 Å². The predicted molar refractivity (Wildman–Crippen MR) is 74.4 cm³/mol. The molecule has 0 saturated heterocycles. The van der Waals surface area contributed by atoms with Gasteiger partial charge in [-0.2, -0.15) is 4.98 Å². The summed E-state index contributed by atoms with van der Waals surface area (Å²) >= 11 is 0. The van der Waals surface area contributed by atoms with Crippen molar-refractivity contribution in [2.75, 3.05) is 0 Å². The fourth-order valence-corrected chi connectivity index (χ4v) is 2.76. The van der Waals surface area contributed by atoms with Crippen molar-refractivity contribution < 1.29 is 14.5 Å². The maximum atomic E-state index is 12.6. The van der Waals surface area contributed by atoms with Crippen LogP contribution in [0.15, 0.2) is 9.68 Å². The molecule has 1 aliphatic rings. The summed E-state index contributed by atoms with van der Waals surface area (Å²) in [5.74, 6) is 0.572. The van der Waals surface area contributed by atoms with Crippen LogP contribution >= 0.6 is 0 Å². The second kappa shape index (κ2) is 6.55. The zero-order valence-electron chi connectivity index (χ0n) is 12.1. The number of carbonyl (C=O) groups excluding carboxylic acids is 1. The quantitative estimate of drug-likeness (QED) is 0.251. The number of amidine groups is 1. The first-order valence-electron chi connectivity index (χ1n) is 7.14. The largest absolute Gasteiger partial charge is 0.409 e. The summed E-state index contributed by atoms with van der Waals surface area (Å²) in [6.45, 7) is 1.85. The zero-order valence-corrected chi connectivity index (χ0v) is 12.1. The molecule has 0 bridgehead atoms. The molecule has 0 spiro atoms. The van der Waals surface area contributed by atoms with E-state index >= 15 is 0 Å². The highest BCUT2D eigenvalue weighted by Crippen LogP contribution is 2.35. The Hall–Kier alpha value is -2.12. The highest BCUT2D eigenvalue weighted by molar-refractivity contribution is 6.06. The molecule has 8 nitrogen and oxygen atoms in total. The van der Waals surface area contributed by atoms with Gasteiger partial charge in [0.05, 0.1) is 6.54 Å². The van der Waals surface area contributed by atoms with E-state index in [1.165, 1.54) is 0 Å². The standard InChI is InChI=1S/C13H21N5O3/c1-9-16-10(21-18-9)8-15-12(19)13(11(14)17-20)6-4-2-3-5-7-13/h20H,2-8H2,1H3,(H2,14,17)(H,15,19). The smallest absolute Gasteiger partial charge is 0.246 e. The number of hydrogen-bond donors (Lipinski definition) is 3. The minimum atomic E-state index is -0.944. The van der Waals surface area contributed by atoms with Crippen LogP contribution in [0.5, 0.6) is 0 Å². The molecule has 0 radical (unpaired) electrons. The number of nitrogens with two attached hydrogens (primary N) is 1. The summed E-state index contributed by atoms with van der Waals surface area (Å²) in [6, 6.07) is 0. The number of amides is 1. The van der Waals surface area contributed by atoms with Gasteiger partial charge in [-0.15, -0.1) is 0 Å². The molecule has 21 heavy (non-hydrogen) atoms. The normalized spacial score (nSPS) is 19.0. The Morgan fingerprint density at radius 3 is 2.62 bits per heavy atom. The Morgan fingerprint density at radius 2 is 2.10 bits per heavy atom. The molecule has 2 rings (SSSR count). The molecule has 116 valence electrons. The molecule has 4 N–H and O–H groups in total. The van der Waals surface area contributed by atoms with Crippen LogP contribution in [0.2, 0.25) is 0 Å². The summed E-state index contributed by atoms with van der Waals surface area (Å²) in [4.78, 5) is 16.6. The van der Waals surface area contributed by atoms with E-state index in [9.17, 15) is 4.79 Å². The van der Waals surface area contributed by atoms with E-state index in [0.717, 1.165) is 25.7 Å². The molecule has 1 fully saturated rings. The third-order valence-corrected chi connectivity index (χ3v) is 3.96. The highest BCUT2D eigenvalue weighted by atomic mass is 16.5. The third-order valence-electron chi connectivity index (χ3n) is 3.96. The molecule has 0 unspecified atom stereocenters. The minimum absolute atomic E-state index is 0.0244. The lowest BCUT2D eigenvalue weighted by molar-refractivity contribution is -0.128. The van der Waals surface area contributed by atoms with Gasteiger partial charge < -0.3 is 20.8 Å². The third kappa shape index (κ3) is 3.32. The monoisotopic (exact) mass is 295 g/mol. The van der Waals surface area contributed by atoms with Crippen molar-refractivity contribution in [1.29, 1.82) is 0 Å². The maximum absolute atomic E-state index is 12.6. The van der Waals surface area contributed by atoms with Crippen LogP contribution in [0.3, 0.4) is 0 Å². The average Bonchev–Trinajstić information content (AvgIpc) is 2.76. The molecular weight excluding hydrogens is 274 g/mol. The van der Waals surface area contributed by atoms with Crippen molar-refractivity contribution in [3.63, 3.8) is 0 Å². The van der Waals surface area contributed by atoms with E-state index in [4.69, 9.17) is 15.5 Å². The number of carbonyl (C=O) groups is 1. The Balaban J connectivity index is 2.10. The lowest BCUT2D eigenvalue weighted by Crippen LogP contribution is -2.49. The van der Waals surface area contributed by atoms with Crippen LogP contribution in [0.25, 0.3) is 0 Å². The number of nitrogens with one attached hydrogen (secondary N) is 1. The van der Waals surface area contributed by atoms with Gasteiger partial charge in [-0.1, -0.05) is 36.0 Å². The molecule has 1 aliphatic carbocycles. The highest BCUT2D eigenvalue weighted by Gasteiger charge is 2.43. The SMILES string of the molecule is Cc1noc(CNC(=O)C2(C(N)=NO)CCCCCC2)n1. The number of aryl methyl sites for hydroxylation is 1. The van der Waals surface area contributed by atoms with Crippen LogP contribution in [-0.4, -0.2) is 27.1 Å². The topological polar surface area (TPSA) is 127 Å². The lowest BCUT2D eigenvalue weighted by atomic mass is 9.78. The minimum Gasteiger partial charge on any atom is -0.409 e. The van der Waals surface area contributed by atoms with Crippen molar-refractivity contribution in [1.82, 2.24) is 15.5 Å². The van der Waals surface area contributed by atoms with Gasteiger partial charge in [0.25, 0.3) is 0 Å². The molecule has 1 amide bonds. The molecule has 1 heterocycles. The van der Waals surface area contributed by atoms with Crippen LogP contribution < -0.4 is 11.1 Å². The van der Waals surface area contributed by atoms with E-state index < -0.39 is 5.41 Å². The first-order chi connectivity index (χ1) is 10.1. The fourth-order valence-electron chi connectivity index (χ4n) is 2.76. The molecule has 0 atom stereocenters. The summed E-state index contributed by atoms with van der Waals surface area (Å²) in [5, 5.41) is 18.5. The van der Waals surface area contributed by atoms with Crippen molar-refractivity contribution in [3.05, 3.63) is 11.7 Å². The van der Waals surface area contributed by atoms with Gasteiger partial charge in [-0.05, 0) is 19.8 Å². The van der Waals surface area contributed by atoms with Crippen molar-refractivity contribution >= 4 is 11.7 Å². The molecule has 0 aromatic carbocycles. The van der Waals surface area contributed by atoms with Gasteiger partial charge in [-0.3, -0.25) is 4.79 Å². The van der Waals surface area contributed by atoms with Crippen molar-refractivity contribution in [3.8, 4) is 0 Å². The zero-order chi connectivity index (χ0) is 15.3. The molecule has 8 heteroatoms. The fraction of sp³-hybridized carbons (Fsp3) is 0.692. The van der Waals surface area contributed by atoms with Crippen LogP contribution in [0.4, 0.5) is 0 Å². The number of nitrogens with zero attached hydrogens (tertiary/aromatic N) is 3. The van der Waals surface area contributed by atoms with E-state index in [1.54, 1.807) is 6.92 Å². The van der Waals surface area contributed by atoms with Gasteiger partial charge in [0, 0.05) is 0 Å². The number of hydrogen-bond acceptors (Lipinski definition) is 6. The van der Waals surface area contributed by atoms with Gasteiger partial charge >= 0.3 is 0 Å². The Morgan fingerprint density at radius 1 is 1.43 bits per heavy atom. The van der Waals surface area contributed by atoms with Gasteiger partial charge in [0.1, 0.15) is 5.41 Å². The van der Waals surface area contributed by atoms with Crippen molar-refractivity contribution in [2.24, 2.45) is 16.3 Å². The molecule has 0 aliphatic heterocycles. The van der Waals surface area contributed by atoms with E-state index in [0.29, 0.717) is 24.6 Å². The maximum Gasteiger partial charge on any atom is 0.246 e. The molecule has 1 aromatic heterocycles. The van der Waals surface area contributed by atoms with E-state index in [2.05, 4.69) is 20.6 Å². The molecule has 1 aromatic rings. The summed E-state index contributed by atoms with van der Waals surface area (Å²) in [6.07, 6.45) is 5.02. The van der Waals surface area contributed by atoms with Crippen LogP contribution in [-0.2, 0) is 11.3 Å². The van der Waals surface area contributed by atoms with E-state index in [-0.39, 0.29) is 18.3 Å². The number of oxime groups is 1. The second-order valence-electron chi connectivity index (χ2n) is 5.40. The Kier molecular flexibility index (Phi) is 4.77.